The number of thiazole rings is 1. The van der Waals surface area contributed by atoms with Crippen LogP contribution in [0, 0.1) is 0 Å². The van der Waals surface area contributed by atoms with Crippen molar-refractivity contribution in [2.45, 2.75) is 6.92 Å². The van der Waals surface area contributed by atoms with Crippen LogP contribution in [0.4, 0.5) is 0 Å². The van der Waals surface area contributed by atoms with Crippen molar-refractivity contribution in [3.8, 4) is 10.6 Å². The van der Waals surface area contributed by atoms with Gasteiger partial charge in [-0.15, -0.1) is 11.3 Å². The van der Waals surface area contributed by atoms with Crippen molar-refractivity contribution in [1.29, 1.82) is 0 Å². The van der Waals surface area contributed by atoms with E-state index >= 15 is 0 Å². The highest BCUT2D eigenvalue weighted by atomic mass is 32.1. The maximum Gasteiger partial charge on any atom is 0.124 e. The summed E-state index contributed by atoms with van der Waals surface area (Å²) in [5, 5.41) is 3.14. The van der Waals surface area contributed by atoms with Gasteiger partial charge in [-0.3, -0.25) is 0 Å². The zero-order valence-corrected chi connectivity index (χ0v) is 10.00. The van der Waals surface area contributed by atoms with Crippen LogP contribution >= 0.6 is 11.3 Å². The first kappa shape index (κ1) is 10.8. The van der Waals surface area contributed by atoms with Crippen molar-refractivity contribution in [3.63, 3.8) is 0 Å². The van der Waals surface area contributed by atoms with E-state index in [1.807, 2.05) is 31.2 Å². The first-order chi connectivity index (χ1) is 7.81. The fourth-order valence-electron chi connectivity index (χ4n) is 1.43. The molecule has 80 valence electrons. The molecule has 2 heteroatoms. The SMILES string of the molecule is C=CC=C(C)c1csc(-c2ccccc2)n1. The molecule has 16 heavy (non-hydrogen) atoms. The van der Waals surface area contributed by atoms with Gasteiger partial charge < -0.3 is 0 Å². The Morgan fingerprint density at radius 1 is 1.31 bits per heavy atom. The van der Waals surface area contributed by atoms with Gasteiger partial charge in [-0.1, -0.05) is 49.1 Å². The van der Waals surface area contributed by atoms with Crippen molar-refractivity contribution < 1.29 is 0 Å². The molecule has 0 bridgehead atoms. The second kappa shape index (κ2) is 4.90. The molecule has 0 N–H and O–H groups in total. The van der Waals surface area contributed by atoms with E-state index in [0.29, 0.717) is 0 Å². The average Bonchev–Trinajstić information content (AvgIpc) is 2.80. The monoisotopic (exact) mass is 227 g/mol. The minimum absolute atomic E-state index is 1.03. The number of benzene rings is 1. The number of allylic oxidation sites excluding steroid dienone is 3. The summed E-state index contributed by atoms with van der Waals surface area (Å²) in [6.07, 6.45) is 3.76. The summed E-state index contributed by atoms with van der Waals surface area (Å²) < 4.78 is 0. The van der Waals surface area contributed by atoms with Crippen molar-refractivity contribution in [1.82, 2.24) is 4.98 Å². The number of rotatable bonds is 3. The summed E-state index contributed by atoms with van der Waals surface area (Å²) in [4.78, 5) is 4.60. The first-order valence-electron chi connectivity index (χ1n) is 5.12. The number of nitrogens with zero attached hydrogens (tertiary/aromatic N) is 1. The Hall–Kier alpha value is -1.67. The number of hydrogen-bond acceptors (Lipinski definition) is 2. The Balaban J connectivity index is 2.34. The van der Waals surface area contributed by atoms with Gasteiger partial charge in [0.05, 0.1) is 5.69 Å². The minimum atomic E-state index is 1.03. The summed E-state index contributed by atoms with van der Waals surface area (Å²) in [6.45, 7) is 5.74. The standard InChI is InChI=1S/C14H13NS/c1-3-7-11(2)13-10-16-14(15-13)12-8-5-4-6-9-12/h3-10H,1H2,2H3. The molecule has 2 aromatic rings. The zero-order chi connectivity index (χ0) is 11.4. The lowest BCUT2D eigenvalue weighted by molar-refractivity contribution is 1.34. The Labute approximate surface area is 99.8 Å². The topological polar surface area (TPSA) is 12.9 Å². The van der Waals surface area contributed by atoms with E-state index < -0.39 is 0 Å². The molecular weight excluding hydrogens is 214 g/mol. The third-order valence-electron chi connectivity index (χ3n) is 2.30. The third kappa shape index (κ3) is 2.28. The molecule has 0 radical (unpaired) electrons. The molecule has 0 aliphatic rings. The largest absolute Gasteiger partial charge is 0.236 e. The van der Waals surface area contributed by atoms with Gasteiger partial charge in [-0.2, -0.15) is 0 Å². The van der Waals surface area contributed by atoms with E-state index in [-0.39, 0.29) is 0 Å². The van der Waals surface area contributed by atoms with E-state index in [9.17, 15) is 0 Å². The molecule has 2 rings (SSSR count). The van der Waals surface area contributed by atoms with Crippen molar-refractivity contribution in [3.05, 3.63) is 60.1 Å². The van der Waals surface area contributed by atoms with Gasteiger partial charge in [0.25, 0.3) is 0 Å². The van der Waals surface area contributed by atoms with E-state index in [0.717, 1.165) is 16.3 Å². The average molecular weight is 227 g/mol. The lowest BCUT2D eigenvalue weighted by atomic mass is 10.2. The molecule has 0 amide bonds. The molecule has 1 aromatic carbocycles. The van der Waals surface area contributed by atoms with Gasteiger partial charge in [-0.25, -0.2) is 4.98 Å². The predicted molar refractivity (Wildman–Crippen MR) is 71.4 cm³/mol. The van der Waals surface area contributed by atoms with Gasteiger partial charge in [0.15, 0.2) is 0 Å². The second-order valence-electron chi connectivity index (χ2n) is 3.49. The molecule has 0 saturated heterocycles. The Morgan fingerprint density at radius 3 is 2.75 bits per heavy atom. The van der Waals surface area contributed by atoms with Gasteiger partial charge >= 0.3 is 0 Å². The summed E-state index contributed by atoms with van der Waals surface area (Å²) in [6, 6.07) is 10.2. The van der Waals surface area contributed by atoms with Gasteiger partial charge in [-0.05, 0) is 12.5 Å². The van der Waals surface area contributed by atoms with Gasteiger partial charge in [0.1, 0.15) is 5.01 Å². The van der Waals surface area contributed by atoms with Gasteiger partial charge in [0.2, 0.25) is 0 Å². The maximum atomic E-state index is 4.60. The molecule has 1 nitrogen and oxygen atoms in total. The molecule has 1 aromatic heterocycles. The minimum Gasteiger partial charge on any atom is -0.236 e. The molecule has 0 aliphatic heterocycles. The summed E-state index contributed by atoms with van der Waals surface area (Å²) in [5.41, 5.74) is 3.35. The van der Waals surface area contributed by atoms with Crippen LogP contribution in [0.1, 0.15) is 12.6 Å². The molecule has 0 spiro atoms. The van der Waals surface area contributed by atoms with Crippen LogP contribution in [-0.2, 0) is 0 Å². The van der Waals surface area contributed by atoms with E-state index in [2.05, 4.69) is 29.1 Å². The normalized spacial score (nSPS) is 11.4. The van der Waals surface area contributed by atoms with Crippen molar-refractivity contribution >= 4 is 16.9 Å². The van der Waals surface area contributed by atoms with E-state index in [1.165, 1.54) is 5.56 Å². The second-order valence-corrected chi connectivity index (χ2v) is 4.35. The zero-order valence-electron chi connectivity index (χ0n) is 9.18. The number of hydrogen-bond donors (Lipinski definition) is 0. The lowest BCUT2D eigenvalue weighted by Crippen LogP contribution is -1.80. The third-order valence-corrected chi connectivity index (χ3v) is 3.19. The molecule has 0 fully saturated rings. The highest BCUT2D eigenvalue weighted by molar-refractivity contribution is 7.13. The van der Waals surface area contributed by atoms with Crippen LogP contribution < -0.4 is 0 Å². The van der Waals surface area contributed by atoms with E-state index in [1.54, 1.807) is 17.4 Å². The summed E-state index contributed by atoms with van der Waals surface area (Å²) in [5.74, 6) is 0. The summed E-state index contributed by atoms with van der Waals surface area (Å²) in [7, 11) is 0. The first-order valence-corrected chi connectivity index (χ1v) is 6.00. The smallest absolute Gasteiger partial charge is 0.124 e. The molecule has 0 atom stereocenters. The van der Waals surface area contributed by atoms with E-state index in [4.69, 9.17) is 0 Å². The molecule has 1 heterocycles. The molecule has 0 unspecified atom stereocenters. The van der Waals surface area contributed by atoms with Crippen molar-refractivity contribution in [2.24, 2.45) is 0 Å². The molecule has 0 aliphatic carbocycles. The highest BCUT2D eigenvalue weighted by Gasteiger charge is 2.04. The van der Waals surface area contributed by atoms with Crippen LogP contribution in [0.5, 0.6) is 0 Å². The van der Waals surface area contributed by atoms with Crippen molar-refractivity contribution in [2.75, 3.05) is 0 Å². The van der Waals surface area contributed by atoms with Crippen LogP contribution in [0.15, 0.2) is 54.4 Å². The van der Waals surface area contributed by atoms with Crippen LogP contribution in [0.3, 0.4) is 0 Å². The van der Waals surface area contributed by atoms with Crippen LogP contribution in [-0.4, -0.2) is 4.98 Å². The predicted octanol–water partition coefficient (Wildman–Crippen LogP) is 4.40. The fraction of sp³-hybridized carbons (Fsp3) is 0.0714. The highest BCUT2D eigenvalue weighted by Crippen LogP contribution is 2.26. The maximum absolute atomic E-state index is 4.60. The fourth-order valence-corrected chi connectivity index (χ4v) is 2.32. The Kier molecular flexibility index (Phi) is 3.32. The Bertz CT molecular complexity index is 509. The Morgan fingerprint density at radius 2 is 2.06 bits per heavy atom. The molecule has 0 saturated carbocycles. The van der Waals surface area contributed by atoms with Crippen LogP contribution in [0.25, 0.3) is 16.1 Å². The molecular formula is C14H13NS. The van der Waals surface area contributed by atoms with Gasteiger partial charge in [0, 0.05) is 10.9 Å². The summed E-state index contributed by atoms with van der Waals surface area (Å²) >= 11 is 1.67. The lowest BCUT2D eigenvalue weighted by Gasteiger charge is -1.95. The van der Waals surface area contributed by atoms with Crippen LogP contribution in [0.2, 0.25) is 0 Å². The quantitative estimate of drug-likeness (QED) is 0.708. The number of aromatic nitrogens is 1.